The SMILES string of the molecule is CC.CC(C)(O)C(=O)NCc1ccc(Cl)c(C(=O)Nc2ccnc3c(Nc4ccc(C(F)(F)F)cc4)nsc23)c1. The van der Waals surface area contributed by atoms with Crippen LogP contribution in [-0.2, 0) is 17.5 Å². The van der Waals surface area contributed by atoms with Crippen LogP contribution in [-0.4, -0.2) is 31.9 Å². The number of hydrogen-bond acceptors (Lipinski definition) is 7. The van der Waals surface area contributed by atoms with E-state index in [2.05, 4.69) is 25.3 Å². The van der Waals surface area contributed by atoms with Crippen molar-refractivity contribution in [1.29, 1.82) is 0 Å². The molecule has 4 rings (SSSR count). The van der Waals surface area contributed by atoms with Gasteiger partial charge in [0.2, 0.25) is 0 Å². The van der Waals surface area contributed by atoms with E-state index in [1.807, 2.05) is 13.8 Å². The lowest BCUT2D eigenvalue weighted by Gasteiger charge is -2.17. The summed E-state index contributed by atoms with van der Waals surface area (Å²) in [5, 5.41) is 18.3. The number of alkyl halides is 3. The van der Waals surface area contributed by atoms with Gasteiger partial charge >= 0.3 is 6.18 Å². The van der Waals surface area contributed by atoms with Gasteiger partial charge < -0.3 is 21.1 Å². The van der Waals surface area contributed by atoms with Crippen molar-refractivity contribution < 1.29 is 27.9 Å². The average molecular weight is 594 g/mol. The van der Waals surface area contributed by atoms with E-state index in [1.165, 1.54) is 44.3 Å². The second-order valence-electron chi connectivity index (χ2n) is 8.78. The molecule has 13 heteroatoms. The van der Waals surface area contributed by atoms with Crippen molar-refractivity contribution in [2.75, 3.05) is 10.6 Å². The average Bonchev–Trinajstić information content (AvgIpc) is 3.32. The van der Waals surface area contributed by atoms with Gasteiger partial charge in [-0.25, -0.2) is 0 Å². The van der Waals surface area contributed by atoms with Crippen LogP contribution in [0.3, 0.4) is 0 Å². The van der Waals surface area contributed by atoms with E-state index in [0.29, 0.717) is 33.0 Å². The van der Waals surface area contributed by atoms with Gasteiger partial charge in [-0.15, -0.1) is 0 Å². The molecule has 4 N–H and O–H groups in total. The van der Waals surface area contributed by atoms with Gasteiger partial charge in [0.1, 0.15) is 11.1 Å². The zero-order valence-electron chi connectivity index (χ0n) is 22.0. The van der Waals surface area contributed by atoms with Gasteiger partial charge in [-0.1, -0.05) is 31.5 Å². The third-order valence-corrected chi connectivity index (χ3v) is 6.56. The molecule has 2 amide bonds. The number of amides is 2. The lowest BCUT2D eigenvalue weighted by atomic mass is 10.1. The summed E-state index contributed by atoms with van der Waals surface area (Å²) < 4.78 is 43.3. The maximum absolute atomic E-state index is 13.1. The number of aromatic nitrogens is 2. The molecule has 212 valence electrons. The van der Waals surface area contributed by atoms with E-state index in [0.717, 1.165) is 23.7 Å². The third-order valence-electron chi connectivity index (χ3n) is 5.36. The molecule has 0 fully saturated rings. The Morgan fingerprint density at radius 3 is 2.35 bits per heavy atom. The second-order valence-corrected chi connectivity index (χ2v) is 9.96. The second kappa shape index (κ2) is 12.6. The smallest absolute Gasteiger partial charge is 0.381 e. The number of fused-ring (bicyclic) bond motifs is 1. The van der Waals surface area contributed by atoms with E-state index in [1.54, 1.807) is 12.1 Å². The summed E-state index contributed by atoms with van der Waals surface area (Å²) in [4.78, 5) is 29.3. The first-order valence-electron chi connectivity index (χ1n) is 12.1. The van der Waals surface area contributed by atoms with Crippen molar-refractivity contribution in [3.63, 3.8) is 0 Å². The number of rotatable bonds is 7. The normalized spacial score (nSPS) is 11.4. The summed E-state index contributed by atoms with van der Waals surface area (Å²) in [7, 11) is 0. The highest BCUT2D eigenvalue weighted by molar-refractivity contribution is 7.14. The number of carbonyl (C=O) groups excluding carboxylic acids is 2. The third kappa shape index (κ3) is 7.46. The standard InChI is InChI=1S/C25H21ClF3N5O3S.C2H6/c1-24(2,37)23(36)31-12-13-3-8-17(26)16(11-13)22(35)33-18-9-10-30-19-20(18)38-34-21(19)32-15-6-4-14(5-7-15)25(27,28)29;1-2/h3-11,37H,12H2,1-2H3,(H,31,36)(H,32,34)(H,30,33,35);1-2H3. The first-order chi connectivity index (χ1) is 18.8. The number of halogens is 4. The highest BCUT2D eigenvalue weighted by Gasteiger charge is 2.30. The summed E-state index contributed by atoms with van der Waals surface area (Å²) in [6.45, 7) is 6.80. The van der Waals surface area contributed by atoms with Crippen molar-refractivity contribution in [2.45, 2.75) is 46.0 Å². The van der Waals surface area contributed by atoms with Crippen molar-refractivity contribution in [3.05, 3.63) is 76.4 Å². The van der Waals surface area contributed by atoms with Crippen LogP contribution >= 0.6 is 23.1 Å². The van der Waals surface area contributed by atoms with Crippen LogP contribution in [0.2, 0.25) is 5.02 Å². The van der Waals surface area contributed by atoms with Gasteiger partial charge in [-0.2, -0.15) is 17.5 Å². The molecule has 0 aliphatic rings. The maximum atomic E-state index is 13.1. The predicted molar refractivity (Wildman–Crippen MR) is 151 cm³/mol. The van der Waals surface area contributed by atoms with Crippen molar-refractivity contribution in [2.24, 2.45) is 0 Å². The molecule has 0 saturated heterocycles. The Hall–Kier alpha value is -3.74. The molecule has 0 aliphatic carbocycles. The predicted octanol–water partition coefficient (Wildman–Crippen LogP) is 6.77. The Bertz CT molecular complexity index is 1500. The molecule has 0 radical (unpaired) electrons. The van der Waals surface area contributed by atoms with Gasteiger partial charge in [-0.3, -0.25) is 14.6 Å². The van der Waals surface area contributed by atoms with Crippen LogP contribution in [0.5, 0.6) is 0 Å². The van der Waals surface area contributed by atoms with Crippen LogP contribution in [0, 0.1) is 0 Å². The number of pyridine rings is 1. The first-order valence-corrected chi connectivity index (χ1v) is 13.3. The van der Waals surface area contributed by atoms with Gasteiger partial charge in [0, 0.05) is 18.4 Å². The molecule has 0 atom stereocenters. The molecule has 4 aromatic rings. The zero-order valence-corrected chi connectivity index (χ0v) is 23.6. The molecule has 0 bridgehead atoms. The maximum Gasteiger partial charge on any atom is 0.416 e. The van der Waals surface area contributed by atoms with E-state index in [4.69, 9.17) is 11.6 Å². The number of aliphatic hydroxyl groups is 1. The fourth-order valence-corrected chi connectivity index (χ4v) is 4.32. The number of nitrogens with zero attached hydrogens (tertiary/aromatic N) is 2. The minimum absolute atomic E-state index is 0.0770. The molecule has 2 aromatic carbocycles. The Morgan fingerprint density at radius 2 is 1.73 bits per heavy atom. The Balaban J connectivity index is 0.00000216. The largest absolute Gasteiger partial charge is 0.416 e. The lowest BCUT2D eigenvalue weighted by molar-refractivity contribution is -0.137. The number of carbonyl (C=O) groups is 2. The molecule has 0 unspecified atom stereocenters. The fourth-order valence-electron chi connectivity index (χ4n) is 3.35. The van der Waals surface area contributed by atoms with Crippen LogP contribution in [0.4, 0.5) is 30.4 Å². The molecule has 0 spiro atoms. The van der Waals surface area contributed by atoms with E-state index in [9.17, 15) is 27.9 Å². The van der Waals surface area contributed by atoms with Gasteiger partial charge in [-0.05, 0) is 73.4 Å². The minimum atomic E-state index is -4.44. The number of nitrogens with one attached hydrogen (secondary N) is 3. The summed E-state index contributed by atoms with van der Waals surface area (Å²) in [5.74, 6) is -0.754. The quantitative estimate of drug-likeness (QED) is 0.188. The zero-order chi connectivity index (χ0) is 29.7. The molecule has 8 nitrogen and oxygen atoms in total. The molecule has 2 heterocycles. The van der Waals surface area contributed by atoms with Crippen molar-refractivity contribution in [1.82, 2.24) is 14.7 Å². The Labute approximate surface area is 237 Å². The fraction of sp³-hybridized carbons (Fsp3) is 0.259. The number of benzene rings is 2. The molecule has 0 aliphatic heterocycles. The van der Waals surface area contributed by atoms with Crippen LogP contribution in [0.15, 0.2) is 54.7 Å². The van der Waals surface area contributed by atoms with E-state index < -0.39 is 29.2 Å². The minimum Gasteiger partial charge on any atom is -0.381 e. The molecular formula is C27H27ClF3N5O3S. The topological polar surface area (TPSA) is 116 Å². The van der Waals surface area contributed by atoms with E-state index in [-0.39, 0.29) is 17.1 Å². The summed E-state index contributed by atoms with van der Waals surface area (Å²) in [6.07, 6.45) is -2.97. The summed E-state index contributed by atoms with van der Waals surface area (Å²) in [6, 6.07) is 10.8. The molecule has 0 saturated carbocycles. The molecular weight excluding hydrogens is 567 g/mol. The summed E-state index contributed by atoms with van der Waals surface area (Å²) >= 11 is 7.31. The van der Waals surface area contributed by atoms with Gasteiger partial charge in [0.05, 0.1) is 26.5 Å². The van der Waals surface area contributed by atoms with E-state index >= 15 is 0 Å². The van der Waals surface area contributed by atoms with Crippen molar-refractivity contribution >= 4 is 62.4 Å². The van der Waals surface area contributed by atoms with Crippen LogP contribution in [0.1, 0.15) is 49.2 Å². The van der Waals surface area contributed by atoms with Gasteiger partial charge in [0.25, 0.3) is 11.8 Å². The lowest BCUT2D eigenvalue weighted by Crippen LogP contribution is -2.41. The Kier molecular flexibility index (Phi) is 9.72. The summed E-state index contributed by atoms with van der Waals surface area (Å²) in [5.41, 5.74) is -0.332. The molecule has 2 aromatic heterocycles. The highest BCUT2D eigenvalue weighted by Crippen LogP contribution is 2.34. The van der Waals surface area contributed by atoms with Crippen molar-refractivity contribution in [3.8, 4) is 0 Å². The Morgan fingerprint density at radius 1 is 1.05 bits per heavy atom. The number of anilines is 3. The van der Waals surface area contributed by atoms with Gasteiger partial charge in [0.15, 0.2) is 5.82 Å². The van der Waals surface area contributed by atoms with Crippen LogP contribution in [0.25, 0.3) is 10.2 Å². The number of hydrogen-bond donors (Lipinski definition) is 4. The van der Waals surface area contributed by atoms with Crippen LogP contribution < -0.4 is 16.0 Å². The monoisotopic (exact) mass is 593 g/mol. The highest BCUT2D eigenvalue weighted by atomic mass is 35.5. The first kappa shape index (κ1) is 30.8. The molecule has 40 heavy (non-hydrogen) atoms.